The molecule has 1 aliphatic carbocycles. The van der Waals surface area contributed by atoms with Gasteiger partial charge >= 0.3 is 5.97 Å². The second-order valence-corrected chi connectivity index (χ2v) is 8.62. The summed E-state index contributed by atoms with van der Waals surface area (Å²) in [4.78, 5) is 13.4. The van der Waals surface area contributed by atoms with Gasteiger partial charge in [0, 0.05) is 0 Å². The lowest BCUT2D eigenvalue weighted by Gasteiger charge is -2.35. The van der Waals surface area contributed by atoms with Crippen LogP contribution in [0.25, 0.3) is 0 Å². The second-order valence-electron chi connectivity index (χ2n) is 8.62. The van der Waals surface area contributed by atoms with Gasteiger partial charge in [0.25, 0.3) is 0 Å². The quantitative estimate of drug-likeness (QED) is 0.441. The minimum absolute atomic E-state index is 0.227. The molecule has 0 aromatic heterocycles. The van der Waals surface area contributed by atoms with Crippen molar-refractivity contribution in [2.45, 2.75) is 71.1 Å². The fourth-order valence-corrected chi connectivity index (χ4v) is 4.37. The maximum Gasteiger partial charge on any atom is 0.321 e. The molecule has 0 saturated heterocycles. The number of ether oxygens (including phenoxy) is 1. The molecule has 0 bridgehead atoms. The van der Waals surface area contributed by atoms with Gasteiger partial charge in [0.2, 0.25) is 0 Å². The Balaban J connectivity index is 1.90. The molecule has 3 nitrogen and oxygen atoms in total. The maximum atomic E-state index is 13.4. The lowest BCUT2D eigenvalue weighted by Crippen LogP contribution is -2.41. The van der Waals surface area contributed by atoms with E-state index < -0.39 is 5.41 Å². The van der Waals surface area contributed by atoms with E-state index >= 15 is 0 Å². The van der Waals surface area contributed by atoms with Gasteiger partial charge in [-0.3, -0.25) is 4.79 Å². The van der Waals surface area contributed by atoms with Gasteiger partial charge in [-0.25, -0.2) is 0 Å². The third-order valence-corrected chi connectivity index (χ3v) is 6.02. The topological polar surface area (TPSA) is 50.1 Å². The van der Waals surface area contributed by atoms with E-state index in [4.69, 9.17) is 4.74 Å². The van der Waals surface area contributed by atoms with Gasteiger partial charge in [-0.05, 0) is 60.4 Å². The van der Waals surface area contributed by atoms with Crippen molar-refractivity contribution < 1.29 is 9.53 Å². The van der Waals surface area contributed by atoms with E-state index in [-0.39, 0.29) is 5.97 Å². The first-order valence-electron chi connectivity index (χ1n) is 10.8. The van der Waals surface area contributed by atoms with E-state index in [1.807, 2.05) is 19.1 Å². The monoisotopic (exact) mass is 389 g/mol. The number of nitrogens with zero attached hydrogens (tertiary/aromatic N) is 1. The number of carbonyl (C=O) groups is 1. The van der Waals surface area contributed by atoms with E-state index in [1.165, 1.54) is 5.56 Å². The molecule has 0 heterocycles. The van der Waals surface area contributed by atoms with E-state index in [1.54, 1.807) is 6.07 Å². The molecule has 0 spiro atoms. The zero-order valence-corrected chi connectivity index (χ0v) is 17.8. The predicted molar refractivity (Wildman–Crippen MR) is 116 cm³/mol. The van der Waals surface area contributed by atoms with Crippen LogP contribution in [0.4, 0.5) is 0 Å². The number of hydrogen-bond acceptors (Lipinski definition) is 3. The molecule has 1 aliphatic rings. The summed E-state index contributed by atoms with van der Waals surface area (Å²) >= 11 is 0. The second kappa shape index (κ2) is 9.27. The highest BCUT2D eigenvalue weighted by Crippen LogP contribution is 2.41. The van der Waals surface area contributed by atoms with Crippen LogP contribution in [-0.4, -0.2) is 5.97 Å². The third-order valence-electron chi connectivity index (χ3n) is 6.02. The molecular formula is C26H31NO2. The fraction of sp³-hybridized carbons (Fsp3) is 0.462. The largest absolute Gasteiger partial charge is 0.424 e. The van der Waals surface area contributed by atoms with Crippen LogP contribution >= 0.6 is 0 Å². The van der Waals surface area contributed by atoms with Crippen LogP contribution in [0.3, 0.4) is 0 Å². The maximum absolute atomic E-state index is 13.4. The molecule has 0 aliphatic heterocycles. The van der Waals surface area contributed by atoms with Crippen molar-refractivity contribution in [3.63, 3.8) is 0 Å². The van der Waals surface area contributed by atoms with E-state index in [0.717, 1.165) is 56.1 Å². The van der Waals surface area contributed by atoms with Crippen molar-refractivity contribution in [2.75, 3.05) is 0 Å². The van der Waals surface area contributed by atoms with Crippen molar-refractivity contribution in [1.82, 2.24) is 0 Å². The first-order chi connectivity index (χ1) is 14.0. The van der Waals surface area contributed by atoms with Gasteiger partial charge in [-0.2, -0.15) is 5.26 Å². The highest BCUT2D eigenvalue weighted by Gasteiger charge is 2.43. The van der Waals surface area contributed by atoms with E-state index in [9.17, 15) is 10.1 Å². The molecular weight excluding hydrogens is 358 g/mol. The van der Waals surface area contributed by atoms with Gasteiger partial charge in [-0.15, -0.1) is 0 Å². The standard InChI is InChI=1S/C26H31NO2/c1-4-20-10-13-24(22(17-20)18-27)29-25(28)26(14-6-5-7-15-26)23-11-8-21(9-12-23)16-19(2)3/h8-13,17,19H,4-7,14-16H2,1-3H3. The summed E-state index contributed by atoms with van der Waals surface area (Å²) in [5.74, 6) is 0.746. The molecule has 2 aromatic carbocycles. The minimum Gasteiger partial charge on any atom is -0.424 e. The predicted octanol–water partition coefficient (Wildman–Crippen LogP) is 6.13. The van der Waals surface area contributed by atoms with Crippen LogP contribution in [0.5, 0.6) is 5.75 Å². The SMILES string of the molecule is CCc1ccc(OC(=O)C2(c3ccc(CC(C)C)cc3)CCCCC2)c(C#N)c1. The van der Waals surface area contributed by atoms with Gasteiger partial charge in [-0.1, -0.05) is 70.4 Å². The number of esters is 1. The van der Waals surface area contributed by atoms with Crippen molar-refractivity contribution in [1.29, 1.82) is 5.26 Å². The highest BCUT2D eigenvalue weighted by molar-refractivity contribution is 5.85. The molecule has 0 atom stereocenters. The van der Waals surface area contributed by atoms with Crippen molar-refractivity contribution >= 4 is 5.97 Å². The summed E-state index contributed by atoms with van der Waals surface area (Å²) in [7, 11) is 0. The molecule has 2 aromatic rings. The zero-order chi connectivity index (χ0) is 20.9. The Morgan fingerprint density at radius 1 is 1.07 bits per heavy atom. The van der Waals surface area contributed by atoms with Crippen molar-refractivity contribution in [3.8, 4) is 11.8 Å². The van der Waals surface area contributed by atoms with Crippen LogP contribution in [-0.2, 0) is 23.1 Å². The Morgan fingerprint density at radius 2 is 1.72 bits per heavy atom. The van der Waals surface area contributed by atoms with E-state index in [2.05, 4.69) is 44.2 Å². The number of aryl methyl sites for hydroxylation is 1. The summed E-state index contributed by atoms with van der Waals surface area (Å²) in [6.07, 6.45) is 6.65. The van der Waals surface area contributed by atoms with Crippen LogP contribution < -0.4 is 4.74 Å². The summed E-state index contributed by atoms with van der Waals surface area (Å²) in [5, 5.41) is 9.50. The van der Waals surface area contributed by atoms with E-state index in [0.29, 0.717) is 17.2 Å². The molecule has 0 N–H and O–H groups in total. The minimum atomic E-state index is -0.620. The average Bonchev–Trinajstić information content (AvgIpc) is 2.74. The summed E-state index contributed by atoms with van der Waals surface area (Å²) < 4.78 is 5.87. The van der Waals surface area contributed by atoms with Crippen LogP contribution in [0.1, 0.15) is 75.1 Å². The van der Waals surface area contributed by atoms with Crippen LogP contribution in [0.2, 0.25) is 0 Å². The zero-order valence-electron chi connectivity index (χ0n) is 17.8. The summed E-state index contributed by atoms with van der Waals surface area (Å²) in [6.45, 7) is 6.47. The van der Waals surface area contributed by atoms with Crippen molar-refractivity contribution in [3.05, 3.63) is 64.7 Å². The first kappa shape index (κ1) is 21.1. The average molecular weight is 390 g/mol. The summed E-state index contributed by atoms with van der Waals surface area (Å²) in [6, 6.07) is 16.2. The molecule has 0 unspecified atom stereocenters. The van der Waals surface area contributed by atoms with Gasteiger partial charge < -0.3 is 4.74 Å². The van der Waals surface area contributed by atoms with Crippen LogP contribution in [0, 0.1) is 17.2 Å². The Bertz CT molecular complexity index is 884. The van der Waals surface area contributed by atoms with Gasteiger partial charge in [0.15, 0.2) is 0 Å². The molecule has 29 heavy (non-hydrogen) atoms. The number of nitriles is 1. The highest BCUT2D eigenvalue weighted by atomic mass is 16.5. The molecule has 0 radical (unpaired) electrons. The number of hydrogen-bond donors (Lipinski definition) is 0. The van der Waals surface area contributed by atoms with Crippen molar-refractivity contribution in [2.24, 2.45) is 5.92 Å². The lowest BCUT2D eigenvalue weighted by molar-refractivity contribution is -0.142. The number of rotatable bonds is 6. The molecule has 3 rings (SSSR count). The molecule has 1 saturated carbocycles. The Kier molecular flexibility index (Phi) is 6.75. The molecule has 152 valence electrons. The van der Waals surface area contributed by atoms with Crippen LogP contribution in [0.15, 0.2) is 42.5 Å². The lowest BCUT2D eigenvalue weighted by atomic mass is 9.69. The fourth-order valence-electron chi connectivity index (χ4n) is 4.37. The Morgan fingerprint density at radius 3 is 2.31 bits per heavy atom. The van der Waals surface area contributed by atoms with Gasteiger partial charge in [0.1, 0.15) is 11.8 Å². The number of benzene rings is 2. The molecule has 3 heteroatoms. The third kappa shape index (κ3) is 4.70. The molecule has 0 amide bonds. The normalized spacial score (nSPS) is 15.7. The Labute approximate surface area is 174 Å². The molecule has 1 fully saturated rings. The van der Waals surface area contributed by atoms with Gasteiger partial charge in [0.05, 0.1) is 11.0 Å². The number of carbonyl (C=O) groups excluding carboxylic acids is 1. The Hall–Kier alpha value is -2.60. The smallest absolute Gasteiger partial charge is 0.321 e. The summed E-state index contributed by atoms with van der Waals surface area (Å²) in [5.41, 5.74) is 3.21. The first-order valence-corrected chi connectivity index (χ1v) is 10.8.